The number of carbonyl (C=O) groups excluding carboxylic acids is 2. The molecule has 4 nitrogen and oxygen atoms in total. The van der Waals surface area contributed by atoms with Crippen LogP contribution < -0.4 is 10.6 Å². The smallest absolute Gasteiger partial charge is 0.237 e. The van der Waals surface area contributed by atoms with Crippen LogP contribution in [0.1, 0.15) is 47.5 Å². The van der Waals surface area contributed by atoms with Gasteiger partial charge in [0.1, 0.15) is 5.78 Å². The lowest BCUT2D eigenvalue weighted by Crippen LogP contribution is -2.44. The number of likely N-dealkylation sites (N-methyl/N-ethyl adjacent to an activating group) is 1. The molecule has 2 N–H and O–H groups in total. The Balaban J connectivity index is 4.06. The van der Waals surface area contributed by atoms with Gasteiger partial charge in [0.15, 0.2) is 0 Å². The van der Waals surface area contributed by atoms with Crippen molar-refractivity contribution in [3.05, 3.63) is 0 Å². The quantitative estimate of drug-likeness (QED) is 0.729. The van der Waals surface area contributed by atoms with Crippen LogP contribution in [0.5, 0.6) is 0 Å². The van der Waals surface area contributed by atoms with Gasteiger partial charge >= 0.3 is 0 Å². The van der Waals surface area contributed by atoms with Gasteiger partial charge in [-0.3, -0.25) is 9.59 Å². The first-order valence-corrected chi connectivity index (χ1v) is 6.66. The van der Waals surface area contributed by atoms with Crippen molar-refractivity contribution in [2.24, 2.45) is 11.3 Å². The van der Waals surface area contributed by atoms with E-state index in [0.717, 1.165) is 6.42 Å². The summed E-state index contributed by atoms with van der Waals surface area (Å²) in [6.07, 6.45) is 1.20. The topological polar surface area (TPSA) is 58.2 Å². The molecule has 0 aromatic carbocycles. The molecule has 0 aromatic heterocycles. The minimum atomic E-state index is -0.328. The predicted octanol–water partition coefficient (Wildman–Crippen LogP) is 1.74. The average molecular weight is 256 g/mol. The Morgan fingerprint density at radius 2 is 1.72 bits per heavy atom. The maximum absolute atomic E-state index is 11.9. The summed E-state index contributed by atoms with van der Waals surface area (Å²) in [5, 5.41) is 5.82. The van der Waals surface area contributed by atoms with Crippen LogP contribution in [0.4, 0.5) is 0 Å². The highest BCUT2D eigenvalue weighted by atomic mass is 16.2. The number of carbonyl (C=O) groups is 2. The van der Waals surface area contributed by atoms with E-state index in [4.69, 9.17) is 0 Å². The zero-order valence-electron chi connectivity index (χ0n) is 12.6. The molecule has 0 aliphatic heterocycles. The second-order valence-corrected chi connectivity index (χ2v) is 6.19. The lowest BCUT2D eigenvalue weighted by Gasteiger charge is -2.19. The molecular formula is C14H28N2O2. The Hall–Kier alpha value is -0.900. The summed E-state index contributed by atoms with van der Waals surface area (Å²) < 4.78 is 0. The molecule has 1 amide bonds. The van der Waals surface area contributed by atoms with Crippen molar-refractivity contribution < 1.29 is 9.59 Å². The maximum Gasteiger partial charge on any atom is 0.237 e. The molecule has 0 aromatic rings. The molecule has 0 saturated heterocycles. The number of rotatable bonds is 7. The van der Waals surface area contributed by atoms with E-state index in [1.54, 1.807) is 7.05 Å². The van der Waals surface area contributed by atoms with Crippen molar-refractivity contribution in [3.8, 4) is 0 Å². The second kappa shape index (κ2) is 7.52. The van der Waals surface area contributed by atoms with Crippen LogP contribution in [0.3, 0.4) is 0 Å². The molecule has 106 valence electrons. The minimum absolute atomic E-state index is 0.0205. The van der Waals surface area contributed by atoms with Gasteiger partial charge < -0.3 is 10.6 Å². The number of Topliss-reactive ketones (excluding diaryl/α,β-unsaturated/α-hetero) is 1. The molecule has 0 spiro atoms. The van der Waals surface area contributed by atoms with E-state index < -0.39 is 0 Å². The maximum atomic E-state index is 11.9. The third kappa shape index (κ3) is 6.74. The summed E-state index contributed by atoms with van der Waals surface area (Å²) in [5.74, 6) is 0.616. The van der Waals surface area contributed by atoms with Crippen LogP contribution in [0.25, 0.3) is 0 Å². The molecule has 18 heavy (non-hydrogen) atoms. The number of hydrogen-bond acceptors (Lipinski definition) is 3. The minimum Gasteiger partial charge on any atom is -0.354 e. The third-order valence-corrected chi connectivity index (χ3v) is 2.86. The second-order valence-electron chi connectivity index (χ2n) is 6.19. The first-order valence-electron chi connectivity index (χ1n) is 6.66. The van der Waals surface area contributed by atoms with Crippen LogP contribution in [0.2, 0.25) is 0 Å². The van der Waals surface area contributed by atoms with Gasteiger partial charge in [-0.2, -0.15) is 0 Å². The summed E-state index contributed by atoms with van der Waals surface area (Å²) in [6, 6.07) is -0.172. The summed E-state index contributed by atoms with van der Waals surface area (Å²) in [6.45, 7) is 10.3. The van der Waals surface area contributed by atoms with E-state index in [1.807, 2.05) is 20.8 Å². The lowest BCUT2D eigenvalue weighted by atomic mass is 9.89. The molecular weight excluding hydrogens is 228 g/mol. The van der Waals surface area contributed by atoms with E-state index in [1.165, 1.54) is 0 Å². The van der Waals surface area contributed by atoms with Crippen molar-refractivity contribution in [2.45, 2.75) is 53.5 Å². The van der Waals surface area contributed by atoms with Crippen LogP contribution in [0, 0.1) is 11.3 Å². The molecule has 1 atom stereocenters. The molecule has 1 unspecified atom stereocenters. The van der Waals surface area contributed by atoms with Crippen LogP contribution in [0.15, 0.2) is 0 Å². The van der Waals surface area contributed by atoms with Crippen molar-refractivity contribution in [2.75, 3.05) is 13.6 Å². The Bertz CT molecular complexity index is 280. The van der Waals surface area contributed by atoms with Crippen LogP contribution >= 0.6 is 0 Å². The molecule has 0 saturated carbocycles. The molecule has 0 heterocycles. The number of nitrogens with one attached hydrogen (secondary N) is 2. The molecule has 0 fully saturated rings. The summed E-state index contributed by atoms with van der Waals surface area (Å²) in [4.78, 5) is 23.6. The van der Waals surface area contributed by atoms with E-state index in [2.05, 4.69) is 24.5 Å². The van der Waals surface area contributed by atoms with Gasteiger partial charge in [0.2, 0.25) is 5.91 Å². The highest BCUT2D eigenvalue weighted by Crippen LogP contribution is 2.16. The largest absolute Gasteiger partial charge is 0.354 e. The fraction of sp³-hybridized carbons (Fsp3) is 0.857. The zero-order chi connectivity index (χ0) is 14.3. The van der Waals surface area contributed by atoms with Crippen molar-refractivity contribution >= 4 is 11.7 Å². The van der Waals surface area contributed by atoms with Gasteiger partial charge in [0, 0.05) is 18.4 Å². The van der Waals surface area contributed by atoms with Crippen molar-refractivity contribution in [1.82, 2.24) is 10.6 Å². The van der Waals surface area contributed by atoms with Crippen molar-refractivity contribution in [3.63, 3.8) is 0 Å². The highest BCUT2D eigenvalue weighted by Gasteiger charge is 2.22. The Labute approximate surface area is 111 Å². The molecule has 4 heteroatoms. The first-order chi connectivity index (χ1) is 8.18. The van der Waals surface area contributed by atoms with Gasteiger partial charge in [0.25, 0.3) is 0 Å². The van der Waals surface area contributed by atoms with Gasteiger partial charge in [-0.05, 0) is 19.4 Å². The van der Waals surface area contributed by atoms with Gasteiger partial charge in [-0.25, -0.2) is 0 Å². The number of amides is 1. The first kappa shape index (κ1) is 17.1. The van der Waals surface area contributed by atoms with E-state index in [-0.39, 0.29) is 23.1 Å². The zero-order valence-corrected chi connectivity index (χ0v) is 12.6. The fourth-order valence-electron chi connectivity index (χ4n) is 1.62. The highest BCUT2D eigenvalue weighted by molar-refractivity contribution is 5.85. The van der Waals surface area contributed by atoms with Gasteiger partial charge in [-0.1, -0.05) is 34.6 Å². The van der Waals surface area contributed by atoms with Gasteiger partial charge in [0.05, 0.1) is 6.04 Å². The fourth-order valence-corrected chi connectivity index (χ4v) is 1.62. The molecule has 0 aliphatic carbocycles. The van der Waals surface area contributed by atoms with E-state index >= 15 is 0 Å². The Morgan fingerprint density at radius 1 is 1.17 bits per heavy atom. The lowest BCUT2D eigenvalue weighted by molar-refractivity contribution is -0.126. The van der Waals surface area contributed by atoms with Crippen molar-refractivity contribution in [1.29, 1.82) is 0 Å². The average Bonchev–Trinajstić information content (AvgIpc) is 2.23. The normalized spacial score (nSPS) is 13.5. The number of ketones is 1. The monoisotopic (exact) mass is 256 g/mol. The SMILES string of the molecule is CNC(CC(C)C)C(=O)NCCC(=O)C(C)(C)C. The molecule has 0 aliphatic rings. The van der Waals surface area contributed by atoms with Crippen LogP contribution in [-0.4, -0.2) is 31.3 Å². The molecule has 0 radical (unpaired) electrons. The number of hydrogen-bond donors (Lipinski definition) is 2. The van der Waals surface area contributed by atoms with E-state index in [9.17, 15) is 9.59 Å². The summed E-state index contributed by atoms with van der Waals surface area (Å²) >= 11 is 0. The summed E-state index contributed by atoms with van der Waals surface area (Å²) in [7, 11) is 1.78. The standard InChI is InChI=1S/C14H28N2O2/c1-10(2)9-11(15-6)13(18)16-8-7-12(17)14(3,4)5/h10-11,15H,7-9H2,1-6H3,(H,16,18). The van der Waals surface area contributed by atoms with Gasteiger partial charge in [-0.15, -0.1) is 0 Å². The third-order valence-electron chi connectivity index (χ3n) is 2.86. The van der Waals surface area contributed by atoms with E-state index in [0.29, 0.717) is 18.9 Å². The molecule has 0 bridgehead atoms. The predicted molar refractivity (Wildman–Crippen MR) is 74.4 cm³/mol. The Morgan fingerprint density at radius 3 is 2.11 bits per heavy atom. The van der Waals surface area contributed by atoms with Crippen LogP contribution in [-0.2, 0) is 9.59 Å². The molecule has 0 rings (SSSR count). The summed E-state index contributed by atoms with van der Waals surface area (Å²) in [5.41, 5.74) is -0.328. The Kier molecular flexibility index (Phi) is 7.14.